The maximum absolute atomic E-state index is 10.7. The van der Waals surface area contributed by atoms with E-state index in [4.69, 9.17) is 0 Å². The van der Waals surface area contributed by atoms with Gasteiger partial charge in [-0.15, -0.1) is 0 Å². The third kappa shape index (κ3) is 3.10. The van der Waals surface area contributed by atoms with Crippen molar-refractivity contribution in [3.05, 3.63) is 42.0 Å². The molecule has 3 heteroatoms. The van der Waals surface area contributed by atoms with E-state index in [1.54, 1.807) is 6.08 Å². The van der Waals surface area contributed by atoms with Gasteiger partial charge in [-0.05, 0) is 0 Å². The summed E-state index contributed by atoms with van der Waals surface area (Å²) in [4.78, 5) is 10.7. The molecule has 0 saturated heterocycles. The molecule has 0 saturated carbocycles. The molecule has 0 amide bonds. The van der Waals surface area contributed by atoms with E-state index in [-0.39, 0.29) is 5.97 Å². The Balaban J connectivity index is 2.64. The number of carbonyl (C=O) groups is 1. The zero-order chi connectivity index (χ0) is 8.81. The SMILES string of the molecule is O=C(C=Cc1ccccc1)[O][SbH2]. The third-order valence-electron chi connectivity index (χ3n) is 1.33. The van der Waals surface area contributed by atoms with Crippen LogP contribution in [0.1, 0.15) is 5.56 Å². The van der Waals surface area contributed by atoms with Crippen molar-refractivity contribution >= 4 is 35.5 Å². The molecule has 0 bridgehead atoms. The van der Waals surface area contributed by atoms with E-state index < -0.39 is 0 Å². The molecule has 0 aliphatic heterocycles. The van der Waals surface area contributed by atoms with Gasteiger partial charge in [-0.2, -0.15) is 0 Å². The van der Waals surface area contributed by atoms with Crippen LogP contribution in [-0.4, -0.2) is 29.4 Å². The summed E-state index contributed by atoms with van der Waals surface area (Å²) < 4.78 is 4.58. The van der Waals surface area contributed by atoms with Crippen molar-refractivity contribution in [2.45, 2.75) is 0 Å². The number of carbonyl (C=O) groups excluding carboxylic acids is 1. The van der Waals surface area contributed by atoms with E-state index in [9.17, 15) is 4.79 Å². The van der Waals surface area contributed by atoms with Crippen molar-refractivity contribution in [1.82, 2.24) is 0 Å². The van der Waals surface area contributed by atoms with Gasteiger partial charge in [-0.25, -0.2) is 0 Å². The van der Waals surface area contributed by atoms with Crippen LogP contribution in [-0.2, 0) is 7.81 Å². The molecule has 0 aliphatic carbocycles. The van der Waals surface area contributed by atoms with E-state index in [1.807, 2.05) is 30.3 Å². The molecular formula is C9H9O2Sb. The Morgan fingerprint density at radius 2 is 2.00 bits per heavy atom. The first-order chi connectivity index (χ1) is 5.83. The monoisotopic (exact) mass is 270 g/mol. The minimum absolute atomic E-state index is 0.277. The molecule has 1 aromatic rings. The molecule has 62 valence electrons. The summed E-state index contributed by atoms with van der Waals surface area (Å²) in [6.45, 7) is 0. The molecule has 0 radical (unpaired) electrons. The van der Waals surface area contributed by atoms with Crippen molar-refractivity contribution in [3.63, 3.8) is 0 Å². The van der Waals surface area contributed by atoms with E-state index in [0.29, 0.717) is 23.4 Å². The fourth-order valence-corrected chi connectivity index (χ4v) is 0.992. The predicted molar refractivity (Wildman–Crippen MR) is 50.1 cm³/mol. The van der Waals surface area contributed by atoms with Gasteiger partial charge >= 0.3 is 85.3 Å². The van der Waals surface area contributed by atoms with Crippen LogP contribution in [0.15, 0.2) is 36.4 Å². The second-order valence-corrected chi connectivity index (χ2v) is 2.85. The summed E-state index contributed by atoms with van der Waals surface area (Å²) in [5.41, 5.74) is 1.00. The van der Waals surface area contributed by atoms with Gasteiger partial charge in [0.25, 0.3) is 0 Å². The summed E-state index contributed by atoms with van der Waals surface area (Å²) in [5.74, 6) is -0.277. The fourth-order valence-electron chi connectivity index (χ4n) is 0.768. The molecule has 0 N–H and O–H groups in total. The Hall–Kier alpha value is -0.752. The van der Waals surface area contributed by atoms with Gasteiger partial charge in [-0.1, -0.05) is 0 Å². The summed E-state index contributed by atoms with van der Waals surface area (Å²) in [7, 11) is 0. The Bertz CT molecular complexity index is 280. The van der Waals surface area contributed by atoms with Gasteiger partial charge in [0, 0.05) is 0 Å². The molecule has 0 aliphatic rings. The molecule has 1 aromatic carbocycles. The van der Waals surface area contributed by atoms with Crippen LogP contribution >= 0.6 is 0 Å². The van der Waals surface area contributed by atoms with Crippen LogP contribution < -0.4 is 0 Å². The van der Waals surface area contributed by atoms with E-state index in [1.165, 1.54) is 6.08 Å². The molecule has 0 aromatic heterocycles. The van der Waals surface area contributed by atoms with Crippen LogP contribution in [0.4, 0.5) is 0 Å². The van der Waals surface area contributed by atoms with E-state index in [2.05, 4.69) is 3.02 Å². The number of benzene rings is 1. The Labute approximate surface area is 85.3 Å². The second-order valence-electron chi connectivity index (χ2n) is 2.18. The third-order valence-corrected chi connectivity index (χ3v) is 1.99. The average molecular weight is 271 g/mol. The van der Waals surface area contributed by atoms with E-state index >= 15 is 0 Å². The molecule has 0 atom stereocenters. The zero-order valence-electron chi connectivity index (χ0n) is 6.44. The first kappa shape index (κ1) is 9.34. The molecule has 1 rings (SSSR count). The van der Waals surface area contributed by atoms with Crippen molar-refractivity contribution in [2.75, 3.05) is 0 Å². The van der Waals surface area contributed by atoms with Crippen molar-refractivity contribution in [3.8, 4) is 0 Å². The van der Waals surface area contributed by atoms with E-state index in [0.717, 1.165) is 5.56 Å². The van der Waals surface area contributed by atoms with Crippen molar-refractivity contribution in [2.24, 2.45) is 0 Å². The van der Waals surface area contributed by atoms with Crippen molar-refractivity contribution in [1.29, 1.82) is 0 Å². The van der Waals surface area contributed by atoms with Crippen LogP contribution in [0.2, 0.25) is 0 Å². The summed E-state index contributed by atoms with van der Waals surface area (Å²) in [6, 6.07) is 9.63. The Kier molecular flexibility index (Phi) is 3.89. The molecule has 0 spiro atoms. The second kappa shape index (κ2) is 4.99. The van der Waals surface area contributed by atoms with Gasteiger partial charge in [0.05, 0.1) is 0 Å². The number of hydrogen-bond acceptors (Lipinski definition) is 2. The van der Waals surface area contributed by atoms with Gasteiger partial charge in [0.2, 0.25) is 0 Å². The standard InChI is InChI=1S/C9H8O2.Sb.2H/c10-9(11)7-6-8-4-2-1-3-5-8;;;/h1-7H,(H,10,11);;;/q;+1;;/p-1. The van der Waals surface area contributed by atoms with Crippen LogP contribution in [0, 0.1) is 0 Å². The number of hydrogen-bond donors (Lipinski definition) is 0. The average Bonchev–Trinajstić information content (AvgIpc) is 2.16. The summed E-state index contributed by atoms with van der Waals surface area (Å²) >= 11 is 0.507. The minimum atomic E-state index is -0.277. The molecular weight excluding hydrogens is 262 g/mol. The maximum atomic E-state index is 10.7. The van der Waals surface area contributed by atoms with Gasteiger partial charge < -0.3 is 0 Å². The normalized spacial score (nSPS) is 10.1. The van der Waals surface area contributed by atoms with Gasteiger partial charge in [0.15, 0.2) is 0 Å². The molecule has 2 nitrogen and oxygen atoms in total. The topological polar surface area (TPSA) is 26.3 Å². The first-order valence-electron chi connectivity index (χ1n) is 3.47. The predicted octanol–water partition coefficient (Wildman–Crippen LogP) is 0.791. The zero-order valence-corrected chi connectivity index (χ0v) is 9.73. The molecule has 0 heterocycles. The van der Waals surface area contributed by atoms with Crippen LogP contribution in [0.5, 0.6) is 0 Å². The first-order valence-corrected chi connectivity index (χ1v) is 4.81. The molecule has 12 heavy (non-hydrogen) atoms. The summed E-state index contributed by atoms with van der Waals surface area (Å²) in [6.07, 6.45) is 3.17. The van der Waals surface area contributed by atoms with Gasteiger partial charge in [-0.3, -0.25) is 0 Å². The number of rotatable bonds is 2. The van der Waals surface area contributed by atoms with Gasteiger partial charge in [0.1, 0.15) is 0 Å². The van der Waals surface area contributed by atoms with Crippen LogP contribution in [0.25, 0.3) is 6.08 Å². The quantitative estimate of drug-likeness (QED) is 0.587. The summed E-state index contributed by atoms with van der Waals surface area (Å²) in [5, 5.41) is 0. The molecule has 0 unspecified atom stereocenters. The fraction of sp³-hybridized carbons (Fsp3) is 0. The Morgan fingerprint density at radius 3 is 2.58 bits per heavy atom. The van der Waals surface area contributed by atoms with Crippen molar-refractivity contribution < 1.29 is 7.81 Å². The molecule has 0 fully saturated rings. The van der Waals surface area contributed by atoms with Crippen LogP contribution in [0.3, 0.4) is 0 Å². The Morgan fingerprint density at radius 1 is 1.33 bits per heavy atom.